The molecule has 1 aromatic rings. The summed E-state index contributed by atoms with van der Waals surface area (Å²) in [5.74, 6) is 0.546. The summed E-state index contributed by atoms with van der Waals surface area (Å²) >= 11 is 7.37. The number of unbranched alkanes of at least 4 members (excludes halogenated alkanes) is 2. The van der Waals surface area contributed by atoms with Gasteiger partial charge in [-0.25, -0.2) is 4.98 Å². The molecule has 0 radical (unpaired) electrons. The van der Waals surface area contributed by atoms with Crippen LogP contribution in [0.25, 0.3) is 0 Å². The second-order valence-corrected chi connectivity index (χ2v) is 4.03. The van der Waals surface area contributed by atoms with Crippen LogP contribution in [0.2, 0.25) is 0 Å². The lowest BCUT2D eigenvalue weighted by Crippen LogP contribution is -1.85. The van der Waals surface area contributed by atoms with Crippen LogP contribution >= 0.6 is 22.9 Å². The van der Waals surface area contributed by atoms with Crippen LogP contribution in [0.5, 0.6) is 0 Å². The predicted octanol–water partition coefficient (Wildman–Crippen LogP) is 3.61. The summed E-state index contributed by atoms with van der Waals surface area (Å²) in [6, 6.07) is 0. The highest BCUT2D eigenvalue weighted by Crippen LogP contribution is 2.14. The number of thiazole rings is 1. The fraction of sp³-hybridized carbons (Fsp3) is 0.667. The maximum atomic E-state index is 5.65. The first kappa shape index (κ1) is 10.0. The van der Waals surface area contributed by atoms with Crippen molar-refractivity contribution in [2.45, 2.75) is 38.5 Å². The zero-order valence-electron chi connectivity index (χ0n) is 7.35. The molecule has 12 heavy (non-hydrogen) atoms. The molecule has 0 atom stereocenters. The number of halogens is 1. The Morgan fingerprint density at radius 1 is 1.50 bits per heavy atom. The predicted molar refractivity (Wildman–Crippen MR) is 54.9 cm³/mol. The van der Waals surface area contributed by atoms with Crippen molar-refractivity contribution in [3.8, 4) is 0 Å². The van der Waals surface area contributed by atoms with E-state index in [4.69, 9.17) is 11.6 Å². The molecule has 0 bridgehead atoms. The molecule has 0 aromatic carbocycles. The minimum atomic E-state index is 0.546. The van der Waals surface area contributed by atoms with Gasteiger partial charge in [0.2, 0.25) is 0 Å². The van der Waals surface area contributed by atoms with Crippen LogP contribution in [0.4, 0.5) is 0 Å². The first-order valence-electron chi connectivity index (χ1n) is 4.36. The van der Waals surface area contributed by atoms with E-state index >= 15 is 0 Å². The van der Waals surface area contributed by atoms with E-state index in [-0.39, 0.29) is 0 Å². The topological polar surface area (TPSA) is 12.9 Å². The number of aromatic nitrogens is 1. The minimum absolute atomic E-state index is 0.546. The molecule has 68 valence electrons. The van der Waals surface area contributed by atoms with Crippen molar-refractivity contribution >= 4 is 22.9 Å². The van der Waals surface area contributed by atoms with Crippen molar-refractivity contribution in [2.75, 3.05) is 0 Å². The van der Waals surface area contributed by atoms with E-state index in [2.05, 4.69) is 11.9 Å². The summed E-state index contributed by atoms with van der Waals surface area (Å²) in [4.78, 5) is 4.39. The zero-order valence-corrected chi connectivity index (χ0v) is 8.92. The normalized spacial score (nSPS) is 10.5. The smallest absolute Gasteiger partial charge is 0.0928 e. The van der Waals surface area contributed by atoms with Gasteiger partial charge in [0.25, 0.3) is 0 Å². The number of hydrogen-bond acceptors (Lipinski definition) is 2. The number of alkyl halides is 1. The summed E-state index contributed by atoms with van der Waals surface area (Å²) in [6.07, 6.45) is 4.95. The highest BCUT2D eigenvalue weighted by Gasteiger charge is 1.99. The molecule has 3 heteroatoms. The minimum Gasteiger partial charge on any atom is -0.245 e. The third-order valence-corrected chi connectivity index (χ3v) is 2.96. The van der Waals surface area contributed by atoms with E-state index in [0.717, 1.165) is 12.1 Å². The molecule has 1 aromatic heterocycles. The van der Waals surface area contributed by atoms with Crippen LogP contribution in [0.1, 0.15) is 36.9 Å². The summed E-state index contributed by atoms with van der Waals surface area (Å²) in [7, 11) is 0. The Kier molecular flexibility index (Phi) is 4.62. The van der Waals surface area contributed by atoms with Gasteiger partial charge in [0.15, 0.2) is 0 Å². The molecule has 1 rings (SSSR count). The van der Waals surface area contributed by atoms with Gasteiger partial charge < -0.3 is 0 Å². The molecular formula is C9H14ClNS. The van der Waals surface area contributed by atoms with Crippen LogP contribution in [0, 0.1) is 0 Å². The van der Waals surface area contributed by atoms with E-state index in [9.17, 15) is 0 Å². The monoisotopic (exact) mass is 203 g/mol. The Bertz CT molecular complexity index is 222. The summed E-state index contributed by atoms with van der Waals surface area (Å²) in [5.41, 5.74) is 1.02. The zero-order chi connectivity index (χ0) is 8.81. The third-order valence-electron chi connectivity index (χ3n) is 1.73. The van der Waals surface area contributed by atoms with Gasteiger partial charge in [0, 0.05) is 5.38 Å². The summed E-state index contributed by atoms with van der Waals surface area (Å²) in [5, 5.41) is 3.29. The van der Waals surface area contributed by atoms with E-state index in [0.29, 0.717) is 5.88 Å². The Labute approximate surface area is 82.8 Å². The van der Waals surface area contributed by atoms with Gasteiger partial charge in [-0.05, 0) is 12.8 Å². The Hall–Kier alpha value is -0.0800. The average molecular weight is 204 g/mol. The quantitative estimate of drug-likeness (QED) is 0.526. The fourth-order valence-corrected chi connectivity index (χ4v) is 2.12. The molecule has 0 unspecified atom stereocenters. The molecule has 0 aliphatic heterocycles. The number of aryl methyl sites for hydroxylation is 1. The summed E-state index contributed by atoms with van der Waals surface area (Å²) < 4.78 is 0. The number of rotatable bonds is 5. The lowest BCUT2D eigenvalue weighted by molar-refractivity contribution is 0.714. The molecular weight excluding hydrogens is 190 g/mol. The first-order valence-corrected chi connectivity index (χ1v) is 5.77. The summed E-state index contributed by atoms with van der Waals surface area (Å²) in [6.45, 7) is 2.21. The van der Waals surface area contributed by atoms with Crippen LogP contribution in [0.3, 0.4) is 0 Å². The van der Waals surface area contributed by atoms with Gasteiger partial charge in [0.05, 0.1) is 16.6 Å². The molecule has 0 amide bonds. The van der Waals surface area contributed by atoms with Crippen molar-refractivity contribution in [2.24, 2.45) is 0 Å². The molecule has 0 saturated carbocycles. The van der Waals surface area contributed by atoms with Gasteiger partial charge in [-0.15, -0.1) is 22.9 Å². The second kappa shape index (κ2) is 5.55. The molecule has 0 saturated heterocycles. The van der Waals surface area contributed by atoms with Crippen molar-refractivity contribution in [3.63, 3.8) is 0 Å². The largest absolute Gasteiger partial charge is 0.245 e. The standard InChI is InChI=1S/C9H14ClNS/c1-2-3-4-5-9-11-8(6-10)7-12-9/h7H,2-6H2,1H3. The van der Waals surface area contributed by atoms with E-state index in [1.165, 1.54) is 24.3 Å². The van der Waals surface area contributed by atoms with Gasteiger partial charge in [0.1, 0.15) is 0 Å². The molecule has 1 heterocycles. The van der Waals surface area contributed by atoms with Crippen molar-refractivity contribution in [1.29, 1.82) is 0 Å². The van der Waals surface area contributed by atoms with Gasteiger partial charge in [-0.2, -0.15) is 0 Å². The number of nitrogens with zero attached hydrogens (tertiary/aromatic N) is 1. The van der Waals surface area contributed by atoms with Gasteiger partial charge >= 0.3 is 0 Å². The molecule has 0 fully saturated rings. The highest BCUT2D eigenvalue weighted by atomic mass is 35.5. The maximum absolute atomic E-state index is 5.65. The first-order chi connectivity index (χ1) is 5.86. The molecule has 0 aliphatic rings. The van der Waals surface area contributed by atoms with Crippen molar-refractivity contribution < 1.29 is 0 Å². The lowest BCUT2D eigenvalue weighted by Gasteiger charge is -1.93. The van der Waals surface area contributed by atoms with E-state index in [1.807, 2.05) is 5.38 Å². The van der Waals surface area contributed by atoms with Crippen LogP contribution in [-0.4, -0.2) is 4.98 Å². The highest BCUT2D eigenvalue weighted by molar-refractivity contribution is 7.09. The van der Waals surface area contributed by atoms with Crippen molar-refractivity contribution in [3.05, 3.63) is 16.1 Å². The molecule has 0 N–H and O–H groups in total. The van der Waals surface area contributed by atoms with Crippen molar-refractivity contribution in [1.82, 2.24) is 4.98 Å². The van der Waals surface area contributed by atoms with Gasteiger partial charge in [-0.3, -0.25) is 0 Å². The van der Waals surface area contributed by atoms with Crippen LogP contribution in [0.15, 0.2) is 5.38 Å². The third kappa shape index (κ3) is 3.11. The van der Waals surface area contributed by atoms with E-state index < -0.39 is 0 Å². The van der Waals surface area contributed by atoms with Crippen LogP contribution in [-0.2, 0) is 12.3 Å². The molecule has 0 aliphatic carbocycles. The molecule has 0 spiro atoms. The fourth-order valence-electron chi connectivity index (χ4n) is 1.05. The molecule has 1 nitrogen and oxygen atoms in total. The van der Waals surface area contributed by atoms with E-state index in [1.54, 1.807) is 11.3 Å². The Morgan fingerprint density at radius 2 is 2.33 bits per heavy atom. The Morgan fingerprint density at radius 3 is 2.92 bits per heavy atom. The maximum Gasteiger partial charge on any atom is 0.0928 e. The Balaban J connectivity index is 2.31. The SMILES string of the molecule is CCCCCc1nc(CCl)cs1. The number of hydrogen-bond donors (Lipinski definition) is 0. The second-order valence-electron chi connectivity index (χ2n) is 2.82. The average Bonchev–Trinajstić information content (AvgIpc) is 2.53. The lowest BCUT2D eigenvalue weighted by atomic mass is 10.2. The van der Waals surface area contributed by atoms with Crippen LogP contribution < -0.4 is 0 Å². The van der Waals surface area contributed by atoms with Gasteiger partial charge in [-0.1, -0.05) is 19.8 Å².